The normalized spacial score (nSPS) is 19.5. The second kappa shape index (κ2) is 3.58. The molecule has 0 amide bonds. The first-order valence-electron chi connectivity index (χ1n) is 4.71. The van der Waals surface area contributed by atoms with Crippen molar-refractivity contribution >= 4 is 34.2 Å². The molecule has 0 aromatic heterocycles. The van der Waals surface area contributed by atoms with Crippen molar-refractivity contribution in [1.82, 2.24) is 0 Å². The zero-order valence-electron chi connectivity index (χ0n) is 7.90. The maximum Gasteiger partial charge on any atom is 0.225 e. The molecule has 2 aliphatic heterocycles. The number of thioether (sulfide) groups is 2. The minimum atomic E-state index is 0.189. The average molecular weight is 232 g/mol. The molecule has 0 radical (unpaired) electrons. The molecule has 2 aliphatic rings. The molecule has 3 heteroatoms. The molecule has 1 nitrogen and oxygen atoms in total. The van der Waals surface area contributed by atoms with E-state index in [1.165, 1.54) is 16.7 Å². The Morgan fingerprint density at radius 1 is 1.13 bits per heavy atom. The molecule has 0 saturated carbocycles. The lowest BCUT2D eigenvalue weighted by Crippen LogP contribution is -1.92. The van der Waals surface area contributed by atoms with E-state index in [0.29, 0.717) is 0 Å². The Labute approximate surface area is 96.6 Å². The maximum atomic E-state index is 11.8. The van der Waals surface area contributed by atoms with Crippen LogP contribution in [0.5, 0.6) is 0 Å². The van der Waals surface area contributed by atoms with Crippen LogP contribution in [-0.2, 0) is 4.79 Å². The van der Waals surface area contributed by atoms with Gasteiger partial charge in [-0.05, 0) is 17.3 Å². The highest BCUT2D eigenvalue weighted by atomic mass is 32.2. The van der Waals surface area contributed by atoms with Gasteiger partial charge in [-0.3, -0.25) is 4.79 Å². The van der Waals surface area contributed by atoms with Crippen LogP contribution in [0.2, 0.25) is 0 Å². The number of rotatable bonds is 1. The van der Waals surface area contributed by atoms with Crippen molar-refractivity contribution in [3.63, 3.8) is 0 Å². The highest BCUT2D eigenvalue weighted by molar-refractivity contribution is 8.21. The summed E-state index contributed by atoms with van der Waals surface area (Å²) >= 11 is 3.13. The predicted octanol–water partition coefficient (Wildman–Crippen LogP) is 3.30. The second-order valence-electron chi connectivity index (χ2n) is 3.34. The van der Waals surface area contributed by atoms with Crippen LogP contribution in [0.25, 0.3) is 5.57 Å². The summed E-state index contributed by atoms with van der Waals surface area (Å²) in [5, 5.41) is 0.189. The monoisotopic (exact) mass is 232 g/mol. The Morgan fingerprint density at radius 2 is 1.93 bits per heavy atom. The molecule has 0 saturated heterocycles. The van der Waals surface area contributed by atoms with Crippen LogP contribution >= 0.6 is 23.5 Å². The summed E-state index contributed by atoms with van der Waals surface area (Å²) in [6, 6.07) is 9.93. The molecule has 2 heterocycles. The molecule has 0 atom stereocenters. The van der Waals surface area contributed by atoms with Crippen molar-refractivity contribution in [3.8, 4) is 0 Å². The molecular formula is C12H8OS2. The molecule has 0 aliphatic carbocycles. The summed E-state index contributed by atoms with van der Waals surface area (Å²) in [4.78, 5) is 14.2. The number of hydrogen-bond acceptors (Lipinski definition) is 3. The lowest BCUT2D eigenvalue weighted by Gasteiger charge is -2.01. The van der Waals surface area contributed by atoms with Crippen molar-refractivity contribution in [3.05, 3.63) is 51.8 Å². The van der Waals surface area contributed by atoms with Crippen molar-refractivity contribution < 1.29 is 4.79 Å². The van der Waals surface area contributed by atoms with Crippen LogP contribution in [0.1, 0.15) is 5.56 Å². The topological polar surface area (TPSA) is 17.1 Å². The van der Waals surface area contributed by atoms with Gasteiger partial charge in [0.25, 0.3) is 0 Å². The largest absolute Gasteiger partial charge is 0.281 e. The summed E-state index contributed by atoms with van der Waals surface area (Å²) in [5.74, 6) is 1.00. The Kier molecular flexibility index (Phi) is 2.22. The molecule has 1 aromatic rings. The Balaban J connectivity index is 2.16. The van der Waals surface area contributed by atoms with Crippen LogP contribution in [0.15, 0.2) is 46.2 Å². The summed E-state index contributed by atoms with van der Waals surface area (Å²) < 4.78 is 0. The average Bonchev–Trinajstić information content (AvgIpc) is 2.78. The van der Waals surface area contributed by atoms with Crippen molar-refractivity contribution in [2.75, 3.05) is 5.75 Å². The smallest absolute Gasteiger partial charge is 0.225 e. The molecule has 3 rings (SSSR count). The molecule has 74 valence electrons. The molecule has 0 unspecified atom stereocenters. The number of fused-ring (bicyclic) bond motifs is 1. The minimum absolute atomic E-state index is 0.189. The predicted molar refractivity (Wildman–Crippen MR) is 66.5 cm³/mol. The first kappa shape index (κ1) is 9.31. The zero-order valence-corrected chi connectivity index (χ0v) is 9.53. The molecule has 15 heavy (non-hydrogen) atoms. The number of benzene rings is 1. The van der Waals surface area contributed by atoms with Crippen LogP contribution in [0, 0.1) is 0 Å². The van der Waals surface area contributed by atoms with E-state index in [0.717, 1.165) is 21.8 Å². The molecule has 0 fully saturated rings. The van der Waals surface area contributed by atoms with Gasteiger partial charge in [-0.25, -0.2) is 0 Å². The molecule has 0 bridgehead atoms. The van der Waals surface area contributed by atoms with Crippen molar-refractivity contribution in [1.29, 1.82) is 0 Å². The van der Waals surface area contributed by atoms with Gasteiger partial charge in [0.1, 0.15) is 0 Å². The Morgan fingerprint density at radius 3 is 2.73 bits per heavy atom. The lowest BCUT2D eigenvalue weighted by atomic mass is 10.1. The van der Waals surface area contributed by atoms with Gasteiger partial charge in [-0.2, -0.15) is 0 Å². The maximum absolute atomic E-state index is 11.8. The zero-order chi connectivity index (χ0) is 10.3. The van der Waals surface area contributed by atoms with E-state index in [1.54, 1.807) is 11.8 Å². The third kappa shape index (κ3) is 1.46. The summed E-state index contributed by atoms with van der Waals surface area (Å²) in [6.07, 6.45) is 2.14. The van der Waals surface area contributed by atoms with E-state index in [9.17, 15) is 4.79 Å². The van der Waals surface area contributed by atoms with E-state index in [2.05, 4.69) is 6.08 Å². The van der Waals surface area contributed by atoms with Gasteiger partial charge in [0, 0.05) is 15.6 Å². The van der Waals surface area contributed by atoms with E-state index in [1.807, 2.05) is 30.3 Å². The first-order valence-corrected chi connectivity index (χ1v) is 6.51. The van der Waals surface area contributed by atoms with Crippen molar-refractivity contribution in [2.24, 2.45) is 0 Å². The summed E-state index contributed by atoms with van der Waals surface area (Å²) in [5.41, 5.74) is 1.94. The summed E-state index contributed by atoms with van der Waals surface area (Å²) in [7, 11) is 0. The van der Waals surface area contributed by atoms with E-state index < -0.39 is 0 Å². The third-order valence-corrected chi connectivity index (χ3v) is 4.57. The van der Waals surface area contributed by atoms with Crippen LogP contribution < -0.4 is 0 Å². The van der Waals surface area contributed by atoms with E-state index >= 15 is 0 Å². The third-order valence-electron chi connectivity index (χ3n) is 2.42. The summed E-state index contributed by atoms with van der Waals surface area (Å²) in [6.45, 7) is 0. The number of carbonyl (C=O) groups excluding carboxylic acids is 1. The van der Waals surface area contributed by atoms with Gasteiger partial charge >= 0.3 is 0 Å². The highest BCUT2D eigenvalue weighted by Gasteiger charge is 2.31. The number of hydrogen-bond donors (Lipinski definition) is 0. The van der Waals surface area contributed by atoms with E-state index in [4.69, 9.17) is 0 Å². The fourth-order valence-corrected chi connectivity index (χ4v) is 4.10. The minimum Gasteiger partial charge on any atom is -0.281 e. The van der Waals surface area contributed by atoms with Gasteiger partial charge in [0.15, 0.2) is 0 Å². The lowest BCUT2D eigenvalue weighted by molar-refractivity contribution is -0.106. The fraction of sp³-hybridized carbons (Fsp3) is 0.0833. The van der Waals surface area contributed by atoms with E-state index in [-0.39, 0.29) is 5.12 Å². The molecule has 0 N–H and O–H groups in total. The first-order chi connectivity index (χ1) is 7.36. The van der Waals surface area contributed by atoms with Crippen LogP contribution in [-0.4, -0.2) is 10.9 Å². The molecular weight excluding hydrogens is 224 g/mol. The standard InChI is InChI=1S/C12H8OS2/c13-12-10(8-4-2-1-3-5-8)11-9(15-12)6-7-14-11/h1-6H,7H2. The second-order valence-corrected chi connectivity index (χ2v) is 5.38. The van der Waals surface area contributed by atoms with Crippen LogP contribution in [0.3, 0.4) is 0 Å². The van der Waals surface area contributed by atoms with Gasteiger partial charge in [0.2, 0.25) is 5.12 Å². The van der Waals surface area contributed by atoms with Gasteiger partial charge in [-0.15, -0.1) is 11.8 Å². The van der Waals surface area contributed by atoms with Gasteiger partial charge in [0.05, 0.1) is 5.57 Å². The number of carbonyl (C=O) groups is 1. The Hall–Kier alpha value is -0.930. The quantitative estimate of drug-likeness (QED) is 0.739. The van der Waals surface area contributed by atoms with Gasteiger partial charge < -0.3 is 0 Å². The highest BCUT2D eigenvalue weighted by Crippen LogP contribution is 2.50. The SMILES string of the molecule is O=C1SC2=CCSC2=C1c1ccccc1. The Bertz CT molecular complexity index is 486. The molecule has 0 spiro atoms. The fourth-order valence-electron chi connectivity index (χ4n) is 1.75. The van der Waals surface area contributed by atoms with Gasteiger partial charge in [-0.1, -0.05) is 36.4 Å². The van der Waals surface area contributed by atoms with Crippen molar-refractivity contribution in [2.45, 2.75) is 0 Å². The molecule has 1 aromatic carbocycles. The van der Waals surface area contributed by atoms with Crippen LogP contribution in [0.4, 0.5) is 0 Å².